The van der Waals surface area contributed by atoms with E-state index in [1.807, 2.05) is 29.7 Å². The molecule has 2 aromatic heterocycles. The molecular weight excluding hydrogens is 354 g/mol. The highest BCUT2D eigenvalue weighted by atomic mass is 32.1. The van der Waals surface area contributed by atoms with Crippen molar-refractivity contribution in [1.82, 2.24) is 15.3 Å². The quantitative estimate of drug-likeness (QED) is 0.666. The van der Waals surface area contributed by atoms with Crippen LogP contribution in [0.25, 0.3) is 10.2 Å². The van der Waals surface area contributed by atoms with E-state index in [0.29, 0.717) is 18.4 Å². The predicted molar refractivity (Wildman–Crippen MR) is 110 cm³/mol. The van der Waals surface area contributed by atoms with Crippen LogP contribution in [0.3, 0.4) is 0 Å². The third-order valence-electron chi connectivity index (χ3n) is 5.34. The van der Waals surface area contributed by atoms with Crippen molar-refractivity contribution in [1.29, 1.82) is 0 Å². The highest BCUT2D eigenvalue weighted by Gasteiger charge is 2.25. The molecule has 0 unspecified atom stereocenters. The zero-order valence-corrected chi connectivity index (χ0v) is 16.3. The Morgan fingerprint density at radius 2 is 1.96 bits per heavy atom. The van der Waals surface area contributed by atoms with Gasteiger partial charge in [0.25, 0.3) is 0 Å². The number of aromatic nitrogens is 2. The lowest BCUT2D eigenvalue weighted by atomic mass is 9.86. The van der Waals surface area contributed by atoms with E-state index in [2.05, 4.69) is 34.6 Å². The summed E-state index contributed by atoms with van der Waals surface area (Å²) in [5, 5.41) is 4.49. The average molecular weight is 380 g/mol. The molecule has 1 amide bonds. The zero-order valence-electron chi connectivity index (χ0n) is 15.4. The number of thiazole rings is 1. The number of para-hydroxylation sites is 1. The van der Waals surface area contributed by atoms with Crippen LogP contribution in [0.5, 0.6) is 0 Å². The largest absolute Gasteiger partial charge is 0.353 e. The van der Waals surface area contributed by atoms with Crippen molar-refractivity contribution < 1.29 is 4.79 Å². The lowest BCUT2D eigenvalue weighted by molar-refractivity contribution is -0.122. The topological polar surface area (TPSA) is 54.9 Å². The molecule has 1 saturated carbocycles. The van der Waals surface area contributed by atoms with Crippen molar-refractivity contribution in [2.45, 2.75) is 56.9 Å². The van der Waals surface area contributed by atoms with Gasteiger partial charge in [-0.2, -0.15) is 0 Å². The van der Waals surface area contributed by atoms with E-state index in [0.717, 1.165) is 44.0 Å². The molecule has 1 fully saturated rings. The van der Waals surface area contributed by atoms with Crippen LogP contribution >= 0.6 is 11.3 Å². The van der Waals surface area contributed by atoms with Crippen LogP contribution in [-0.2, 0) is 11.2 Å². The standard InChI is InChI=1S/C22H25N3OS/c26-21(9-3-5-16-6-4-14-23-15-16)24-18-12-10-17(11-13-18)22-25-19-7-1-2-8-20(19)27-22/h1-2,4,6-8,14-15,17-18H,3,5,9-13H2,(H,24,26)/t17-,18+. The maximum atomic E-state index is 12.2. The minimum absolute atomic E-state index is 0.183. The molecule has 1 N–H and O–H groups in total. The van der Waals surface area contributed by atoms with Gasteiger partial charge in [-0.1, -0.05) is 18.2 Å². The van der Waals surface area contributed by atoms with Gasteiger partial charge in [0.1, 0.15) is 0 Å². The van der Waals surface area contributed by atoms with Crippen molar-refractivity contribution in [3.63, 3.8) is 0 Å². The minimum Gasteiger partial charge on any atom is -0.353 e. The van der Waals surface area contributed by atoms with Crippen LogP contribution in [-0.4, -0.2) is 21.9 Å². The van der Waals surface area contributed by atoms with E-state index < -0.39 is 0 Å². The van der Waals surface area contributed by atoms with Gasteiger partial charge >= 0.3 is 0 Å². The molecule has 0 bridgehead atoms. The molecule has 27 heavy (non-hydrogen) atoms. The number of carbonyl (C=O) groups is 1. The predicted octanol–water partition coefficient (Wildman–Crippen LogP) is 4.86. The Morgan fingerprint density at radius 3 is 2.74 bits per heavy atom. The summed E-state index contributed by atoms with van der Waals surface area (Å²) in [5.41, 5.74) is 2.31. The molecule has 140 valence electrons. The molecule has 5 heteroatoms. The molecule has 0 radical (unpaired) electrons. The van der Waals surface area contributed by atoms with Crippen LogP contribution in [0.4, 0.5) is 0 Å². The Bertz CT molecular complexity index is 852. The third kappa shape index (κ3) is 4.72. The number of hydrogen-bond acceptors (Lipinski definition) is 4. The van der Waals surface area contributed by atoms with Gasteiger partial charge < -0.3 is 5.32 Å². The number of fused-ring (bicyclic) bond motifs is 1. The number of rotatable bonds is 6. The summed E-state index contributed by atoms with van der Waals surface area (Å²) in [7, 11) is 0. The second-order valence-corrected chi connectivity index (χ2v) is 8.41. The number of nitrogens with one attached hydrogen (secondary N) is 1. The Labute approximate surface area is 164 Å². The Balaban J connectivity index is 1.21. The molecular formula is C22H25N3OS. The summed E-state index contributed by atoms with van der Waals surface area (Å²) < 4.78 is 1.27. The van der Waals surface area contributed by atoms with Gasteiger partial charge in [-0.15, -0.1) is 11.3 Å². The van der Waals surface area contributed by atoms with Crippen LogP contribution in [0.15, 0.2) is 48.8 Å². The number of pyridine rings is 1. The molecule has 0 aliphatic heterocycles. The van der Waals surface area contributed by atoms with Gasteiger partial charge in [-0.3, -0.25) is 9.78 Å². The normalized spacial score (nSPS) is 19.9. The summed E-state index contributed by atoms with van der Waals surface area (Å²) in [6.07, 6.45) is 10.4. The van der Waals surface area contributed by atoms with Crippen LogP contribution in [0.1, 0.15) is 55.0 Å². The first-order valence-corrected chi connectivity index (χ1v) is 10.6. The zero-order chi connectivity index (χ0) is 18.5. The summed E-state index contributed by atoms with van der Waals surface area (Å²) >= 11 is 1.82. The molecule has 3 aromatic rings. The van der Waals surface area contributed by atoms with Gasteiger partial charge in [0.15, 0.2) is 0 Å². The van der Waals surface area contributed by atoms with Gasteiger partial charge in [0, 0.05) is 30.8 Å². The Morgan fingerprint density at radius 1 is 1.11 bits per heavy atom. The molecule has 0 atom stereocenters. The SMILES string of the molecule is O=C(CCCc1cccnc1)N[C@H]1CC[C@@H](c2nc3ccccc3s2)CC1. The first-order valence-electron chi connectivity index (χ1n) is 9.81. The monoisotopic (exact) mass is 379 g/mol. The lowest BCUT2D eigenvalue weighted by Gasteiger charge is -2.28. The van der Waals surface area contributed by atoms with E-state index in [9.17, 15) is 4.79 Å². The van der Waals surface area contributed by atoms with E-state index in [-0.39, 0.29) is 5.91 Å². The number of benzene rings is 1. The van der Waals surface area contributed by atoms with E-state index in [1.54, 1.807) is 6.20 Å². The van der Waals surface area contributed by atoms with Gasteiger partial charge in [0.05, 0.1) is 15.2 Å². The van der Waals surface area contributed by atoms with Crippen molar-refractivity contribution in [2.75, 3.05) is 0 Å². The second-order valence-electron chi connectivity index (χ2n) is 7.35. The summed E-state index contributed by atoms with van der Waals surface area (Å²) in [6, 6.07) is 12.7. The molecule has 0 saturated heterocycles. The highest BCUT2D eigenvalue weighted by molar-refractivity contribution is 7.18. The van der Waals surface area contributed by atoms with E-state index in [1.165, 1.54) is 15.3 Å². The second kappa shape index (κ2) is 8.61. The first-order chi connectivity index (χ1) is 13.3. The Kier molecular flexibility index (Phi) is 5.78. The van der Waals surface area contributed by atoms with Gasteiger partial charge in [-0.05, 0) is 62.3 Å². The fourth-order valence-corrected chi connectivity index (χ4v) is 4.98. The molecule has 2 heterocycles. The van der Waals surface area contributed by atoms with Crippen molar-refractivity contribution in [2.24, 2.45) is 0 Å². The maximum Gasteiger partial charge on any atom is 0.220 e. The van der Waals surface area contributed by atoms with Crippen LogP contribution in [0.2, 0.25) is 0 Å². The number of aryl methyl sites for hydroxylation is 1. The Hall–Kier alpha value is -2.27. The number of hydrogen-bond donors (Lipinski definition) is 1. The van der Waals surface area contributed by atoms with Gasteiger partial charge in [0.2, 0.25) is 5.91 Å². The number of amides is 1. The summed E-state index contributed by atoms with van der Waals surface area (Å²) in [4.78, 5) is 21.2. The fraction of sp³-hybridized carbons (Fsp3) is 0.409. The average Bonchev–Trinajstić information content (AvgIpc) is 3.13. The molecule has 4 nitrogen and oxygen atoms in total. The number of carbonyl (C=O) groups excluding carboxylic acids is 1. The summed E-state index contributed by atoms with van der Waals surface area (Å²) in [5.74, 6) is 0.725. The van der Waals surface area contributed by atoms with Crippen molar-refractivity contribution in [3.8, 4) is 0 Å². The van der Waals surface area contributed by atoms with Crippen molar-refractivity contribution in [3.05, 3.63) is 59.4 Å². The molecule has 4 rings (SSSR count). The van der Waals surface area contributed by atoms with E-state index >= 15 is 0 Å². The van der Waals surface area contributed by atoms with E-state index in [4.69, 9.17) is 4.98 Å². The lowest BCUT2D eigenvalue weighted by Crippen LogP contribution is -2.37. The van der Waals surface area contributed by atoms with Crippen molar-refractivity contribution >= 4 is 27.5 Å². The molecule has 0 spiro atoms. The summed E-state index contributed by atoms with van der Waals surface area (Å²) in [6.45, 7) is 0. The van der Waals surface area contributed by atoms with Crippen LogP contribution in [0, 0.1) is 0 Å². The highest BCUT2D eigenvalue weighted by Crippen LogP contribution is 2.36. The third-order valence-corrected chi connectivity index (χ3v) is 6.54. The maximum absolute atomic E-state index is 12.2. The van der Waals surface area contributed by atoms with Gasteiger partial charge in [-0.25, -0.2) is 4.98 Å². The molecule has 1 aliphatic rings. The van der Waals surface area contributed by atoms with Crippen LogP contribution < -0.4 is 5.32 Å². The first kappa shape index (κ1) is 18.1. The smallest absolute Gasteiger partial charge is 0.220 e. The molecule has 1 aliphatic carbocycles. The minimum atomic E-state index is 0.183. The number of nitrogens with zero attached hydrogens (tertiary/aromatic N) is 2. The fourth-order valence-electron chi connectivity index (χ4n) is 3.85. The molecule has 1 aromatic carbocycles.